The van der Waals surface area contributed by atoms with E-state index in [1.54, 1.807) is 24.3 Å². The van der Waals surface area contributed by atoms with Gasteiger partial charge in [0.05, 0.1) is 11.9 Å². The summed E-state index contributed by atoms with van der Waals surface area (Å²) in [4.78, 5) is 16.5. The molecule has 0 atom stereocenters. The summed E-state index contributed by atoms with van der Waals surface area (Å²) >= 11 is 1.57. The van der Waals surface area contributed by atoms with Crippen molar-refractivity contribution in [3.8, 4) is 11.1 Å². The van der Waals surface area contributed by atoms with E-state index in [-0.39, 0.29) is 5.91 Å². The first-order valence-electron chi connectivity index (χ1n) is 7.52. The zero-order valence-electron chi connectivity index (χ0n) is 13.2. The summed E-state index contributed by atoms with van der Waals surface area (Å²) in [5.74, 6) is -0.108. The summed E-state index contributed by atoms with van der Waals surface area (Å²) in [5.41, 5.74) is 3.69. The van der Waals surface area contributed by atoms with Gasteiger partial charge in [-0.25, -0.2) is 0 Å². The number of nitrogens with zero attached hydrogens (tertiary/aromatic N) is 1. The van der Waals surface area contributed by atoms with E-state index < -0.39 is 0 Å². The fraction of sp³-hybridized carbons (Fsp3) is 0.0526. The van der Waals surface area contributed by atoms with Crippen LogP contribution in [0.1, 0.15) is 6.92 Å². The van der Waals surface area contributed by atoms with E-state index in [4.69, 9.17) is 0 Å². The van der Waals surface area contributed by atoms with Gasteiger partial charge in [-0.2, -0.15) is 0 Å². The van der Waals surface area contributed by atoms with E-state index in [1.165, 1.54) is 6.92 Å². The molecule has 0 unspecified atom stereocenters. The Kier molecular flexibility index (Phi) is 5.13. The number of amides is 1. The van der Waals surface area contributed by atoms with Crippen molar-refractivity contribution in [2.45, 2.75) is 11.8 Å². The van der Waals surface area contributed by atoms with E-state index in [2.05, 4.69) is 33.2 Å². The molecule has 4 nitrogen and oxygen atoms in total. The molecule has 120 valence electrons. The van der Waals surface area contributed by atoms with Gasteiger partial charge in [0.25, 0.3) is 0 Å². The maximum atomic E-state index is 11.2. The number of benzene rings is 2. The maximum Gasteiger partial charge on any atom is 0.221 e. The van der Waals surface area contributed by atoms with Crippen LogP contribution in [0.3, 0.4) is 0 Å². The van der Waals surface area contributed by atoms with Crippen molar-refractivity contribution in [2.24, 2.45) is 0 Å². The second-order valence-electron chi connectivity index (χ2n) is 5.24. The molecule has 2 N–H and O–H groups in total. The Bertz CT molecular complexity index is 837. The van der Waals surface area contributed by atoms with E-state index in [0.717, 1.165) is 21.7 Å². The van der Waals surface area contributed by atoms with Crippen LogP contribution in [-0.2, 0) is 4.79 Å². The summed E-state index contributed by atoms with van der Waals surface area (Å²) in [5, 5.41) is 2.76. The van der Waals surface area contributed by atoms with Gasteiger partial charge in [-0.15, -0.1) is 0 Å². The Morgan fingerprint density at radius 1 is 0.917 bits per heavy atom. The van der Waals surface area contributed by atoms with Gasteiger partial charge in [0, 0.05) is 29.3 Å². The van der Waals surface area contributed by atoms with Crippen LogP contribution in [0.2, 0.25) is 0 Å². The Hall–Kier alpha value is -2.79. The SMILES string of the molecule is CC(=O)Nc1cncc(-c2cccc(NSc3ccccc3)c2)c1. The molecule has 3 rings (SSSR count). The highest BCUT2D eigenvalue weighted by atomic mass is 32.2. The van der Waals surface area contributed by atoms with Gasteiger partial charge in [0.1, 0.15) is 0 Å². The Labute approximate surface area is 145 Å². The Balaban J connectivity index is 1.76. The molecule has 3 aromatic rings. The van der Waals surface area contributed by atoms with Crippen molar-refractivity contribution in [3.63, 3.8) is 0 Å². The van der Waals surface area contributed by atoms with Gasteiger partial charge in [0.15, 0.2) is 0 Å². The number of carbonyl (C=O) groups is 1. The minimum Gasteiger partial charge on any atom is -0.326 e. The minimum absolute atomic E-state index is 0.108. The molecule has 0 aliphatic heterocycles. The first-order valence-corrected chi connectivity index (χ1v) is 8.33. The summed E-state index contributed by atoms with van der Waals surface area (Å²) in [6, 6.07) is 20.2. The minimum atomic E-state index is -0.108. The third-order valence-corrected chi connectivity index (χ3v) is 4.13. The van der Waals surface area contributed by atoms with Crippen LogP contribution < -0.4 is 10.0 Å². The molecule has 0 fully saturated rings. The van der Waals surface area contributed by atoms with Gasteiger partial charge in [-0.1, -0.05) is 30.3 Å². The van der Waals surface area contributed by atoms with Gasteiger partial charge < -0.3 is 10.0 Å². The number of aromatic nitrogens is 1. The maximum absolute atomic E-state index is 11.2. The number of anilines is 2. The lowest BCUT2D eigenvalue weighted by atomic mass is 10.1. The smallest absolute Gasteiger partial charge is 0.221 e. The van der Waals surface area contributed by atoms with Crippen molar-refractivity contribution in [2.75, 3.05) is 10.0 Å². The highest BCUT2D eigenvalue weighted by Crippen LogP contribution is 2.27. The average Bonchev–Trinajstić information content (AvgIpc) is 2.61. The molecule has 1 heterocycles. The Morgan fingerprint density at radius 2 is 1.71 bits per heavy atom. The lowest BCUT2D eigenvalue weighted by Crippen LogP contribution is -2.05. The molecule has 5 heteroatoms. The van der Waals surface area contributed by atoms with Gasteiger partial charge in [-0.05, 0) is 47.8 Å². The van der Waals surface area contributed by atoms with Crippen LogP contribution in [0.4, 0.5) is 11.4 Å². The Morgan fingerprint density at radius 3 is 2.50 bits per heavy atom. The monoisotopic (exact) mass is 335 g/mol. The summed E-state index contributed by atoms with van der Waals surface area (Å²) in [7, 11) is 0. The molecule has 0 bridgehead atoms. The average molecular weight is 335 g/mol. The summed E-state index contributed by atoms with van der Waals surface area (Å²) in [6.45, 7) is 1.48. The highest BCUT2D eigenvalue weighted by molar-refractivity contribution is 8.00. The first kappa shape index (κ1) is 16.1. The molecule has 0 saturated heterocycles. The second-order valence-corrected chi connectivity index (χ2v) is 6.12. The summed E-state index contributed by atoms with van der Waals surface area (Å²) < 4.78 is 3.34. The van der Waals surface area contributed by atoms with Crippen molar-refractivity contribution in [1.82, 2.24) is 4.98 Å². The standard InChI is InChI=1S/C19H17N3OS/c1-14(23)21-18-11-16(12-20-13-18)15-6-5-7-17(10-15)22-24-19-8-3-2-4-9-19/h2-13,22H,1H3,(H,21,23). The lowest BCUT2D eigenvalue weighted by Gasteiger charge is -2.09. The lowest BCUT2D eigenvalue weighted by molar-refractivity contribution is -0.114. The van der Waals surface area contributed by atoms with Crippen LogP contribution in [0.5, 0.6) is 0 Å². The fourth-order valence-electron chi connectivity index (χ4n) is 2.24. The topological polar surface area (TPSA) is 54.0 Å². The number of pyridine rings is 1. The summed E-state index contributed by atoms with van der Waals surface area (Å²) in [6.07, 6.45) is 3.42. The van der Waals surface area contributed by atoms with Gasteiger partial charge in [-0.3, -0.25) is 9.78 Å². The van der Waals surface area contributed by atoms with Crippen molar-refractivity contribution in [3.05, 3.63) is 73.1 Å². The molecule has 0 saturated carbocycles. The zero-order valence-corrected chi connectivity index (χ0v) is 14.0. The van der Waals surface area contributed by atoms with E-state index in [9.17, 15) is 4.79 Å². The van der Waals surface area contributed by atoms with E-state index >= 15 is 0 Å². The third-order valence-electron chi connectivity index (χ3n) is 3.28. The normalized spacial score (nSPS) is 10.2. The number of hydrogen-bond acceptors (Lipinski definition) is 4. The van der Waals surface area contributed by atoms with Gasteiger partial charge >= 0.3 is 0 Å². The van der Waals surface area contributed by atoms with Crippen molar-refractivity contribution >= 4 is 29.2 Å². The number of nitrogens with one attached hydrogen (secondary N) is 2. The van der Waals surface area contributed by atoms with Crippen LogP contribution in [-0.4, -0.2) is 10.9 Å². The van der Waals surface area contributed by atoms with Gasteiger partial charge in [0.2, 0.25) is 5.91 Å². The first-order chi connectivity index (χ1) is 11.7. The zero-order chi connectivity index (χ0) is 16.8. The second kappa shape index (κ2) is 7.66. The molecule has 2 aromatic carbocycles. The molecule has 0 spiro atoms. The predicted octanol–water partition coefficient (Wildman–Crippen LogP) is 4.83. The van der Waals surface area contributed by atoms with E-state index in [0.29, 0.717) is 5.69 Å². The largest absolute Gasteiger partial charge is 0.326 e. The molecule has 1 aromatic heterocycles. The molecule has 0 aliphatic carbocycles. The van der Waals surface area contributed by atoms with Crippen LogP contribution in [0, 0.1) is 0 Å². The fourth-order valence-corrected chi connectivity index (χ4v) is 2.89. The number of hydrogen-bond donors (Lipinski definition) is 2. The molecule has 24 heavy (non-hydrogen) atoms. The number of carbonyl (C=O) groups excluding carboxylic acids is 1. The number of rotatable bonds is 5. The molecule has 1 amide bonds. The van der Waals surface area contributed by atoms with Crippen molar-refractivity contribution in [1.29, 1.82) is 0 Å². The van der Waals surface area contributed by atoms with Crippen LogP contribution in [0.15, 0.2) is 78.0 Å². The molecular formula is C19H17N3OS. The van der Waals surface area contributed by atoms with Crippen LogP contribution >= 0.6 is 11.9 Å². The molecular weight excluding hydrogens is 318 g/mol. The van der Waals surface area contributed by atoms with Crippen molar-refractivity contribution < 1.29 is 4.79 Å². The van der Waals surface area contributed by atoms with E-state index in [1.807, 2.05) is 42.5 Å². The molecule has 0 radical (unpaired) electrons. The van der Waals surface area contributed by atoms with Crippen LogP contribution in [0.25, 0.3) is 11.1 Å². The quantitative estimate of drug-likeness (QED) is 0.656. The third kappa shape index (κ3) is 4.36. The highest BCUT2D eigenvalue weighted by Gasteiger charge is 2.03. The molecule has 0 aliphatic rings. The predicted molar refractivity (Wildman–Crippen MR) is 99.9 cm³/mol.